The first-order chi connectivity index (χ1) is 12.6. The molecule has 3 rings (SSSR count). The molecule has 0 aliphatic rings. The van der Waals surface area contributed by atoms with Crippen molar-refractivity contribution in [1.82, 2.24) is 9.97 Å². The molecule has 0 unspecified atom stereocenters. The summed E-state index contributed by atoms with van der Waals surface area (Å²) < 4.78 is 4.58. The van der Waals surface area contributed by atoms with Gasteiger partial charge in [0.15, 0.2) is 11.5 Å². The van der Waals surface area contributed by atoms with Gasteiger partial charge < -0.3 is 4.74 Å². The number of aromatic nitrogens is 2. The lowest BCUT2D eigenvalue weighted by Gasteiger charge is -2.11. The Bertz CT molecular complexity index is 935. The number of methoxy groups -OCH3 is 1. The highest BCUT2D eigenvalue weighted by Crippen LogP contribution is 2.26. The lowest BCUT2D eigenvalue weighted by atomic mass is 9.94. The Hall–Kier alpha value is -3.34. The zero-order valence-corrected chi connectivity index (χ0v) is 14.6. The van der Waals surface area contributed by atoms with Gasteiger partial charge in [-0.05, 0) is 29.2 Å². The van der Waals surface area contributed by atoms with Crippen molar-refractivity contribution in [2.24, 2.45) is 0 Å². The largest absolute Gasteiger partial charge is 0.464 e. The minimum atomic E-state index is -0.581. The van der Waals surface area contributed by atoms with E-state index >= 15 is 0 Å². The normalized spacial score (nSPS) is 10.4. The molecule has 0 N–H and O–H groups in total. The summed E-state index contributed by atoms with van der Waals surface area (Å²) in [5, 5.41) is 0. The maximum atomic E-state index is 12.5. The van der Waals surface area contributed by atoms with Crippen LogP contribution in [0.2, 0.25) is 0 Å². The first-order valence-electron chi connectivity index (χ1n) is 8.17. The second-order valence-corrected chi connectivity index (χ2v) is 5.83. The van der Waals surface area contributed by atoms with Crippen LogP contribution < -0.4 is 0 Å². The van der Waals surface area contributed by atoms with Gasteiger partial charge in [-0.3, -0.25) is 4.79 Å². The molecule has 130 valence electrons. The molecule has 0 radical (unpaired) electrons. The monoisotopic (exact) mass is 346 g/mol. The van der Waals surface area contributed by atoms with Crippen LogP contribution in [0.5, 0.6) is 0 Å². The van der Waals surface area contributed by atoms with Crippen molar-refractivity contribution in [3.05, 3.63) is 83.4 Å². The van der Waals surface area contributed by atoms with Crippen molar-refractivity contribution < 1.29 is 14.3 Å². The van der Waals surface area contributed by atoms with E-state index < -0.39 is 5.97 Å². The van der Waals surface area contributed by atoms with Crippen molar-refractivity contribution in [3.63, 3.8) is 0 Å². The Morgan fingerprint density at radius 2 is 1.62 bits per heavy atom. The predicted molar refractivity (Wildman–Crippen MR) is 98.0 cm³/mol. The van der Waals surface area contributed by atoms with Crippen LogP contribution in [0.3, 0.4) is 0 Å². The molecule has 1 aromatic heterocycles. The van der Waals surface area contributed by atoms with Crippen LogP contribution in [-0.2, 0) is 11.2 Å². The number of ketones is 1. The van der Waals surface area contributed by atoms with Gasteiger partial charge in [-0.1, -0.05) is 48.5 Å². The quantitative estimate of drug-likeness (QED) is 0.521. The maximum Gasteiger partial charge on any atom is 0.358 e. The Morgan fingerprint density at radius 3 is 2.27 bits per heavy atom. The van der Waals surface area contributed by atoms with Crippen LogP contribution in [0.4, 0.5) is 0 Å². The van der Waals surface area contributed by atoms with E-state index in [2.05, 4.69) is 14.7 Å². The number of Topliss-reactive ketones (excluding diaryl/α,β-unsaturated/α-hetero) is 1. The third-order valence-corrected chi connectivity index (χ3v) is 4.21. The third kappa shape index (κ3) is 3.67. The summed E-state index contributed by atoms with van der Waals surface area (Å²) >= 11 is 0. The van der Waals surface area contributed by atoms with Crippen molar-refractivity contribution in [3.8, 4) is 11.1 Å². The minimum absolute atomic E-state index is 0.0753. The zero-order chi connectivity index (χ0) is 18.5. The maximum absolute atomic E-state index is 12.5. The van der Waals surface area contributed by atoms with Gasteiger partial charge in [-0.15, -0.1) is 0 Å². The topological polar surface area (TPSA) is 69.2 Å². The van der Waals surface area contributed by atoms with Crippen molar-refractivity contribution in [1.29, 1.82) is 0 Å². The van der Waals surface area contributed by atoms with Crippen LogP contribution in [0.15, 0.2) is 60.9 Å². The molecule has 0 amide bonds. The minimum Gasteiger partial charge on any atom is -0.464 e. The smallest absolute Gasteiger partial charge is 0.358 e. The van der Waals surface area contributed by atoms with Gasteiger partial charge in [0, 0.05) is 6.42 Å². The summed E-state index contributed by atoms with van der Waals surface area (Å²) in [5.41, 5.74) is 4.51. The van der Waals surface area contributed by atoms with Crippen LogP contribution in [0.25, 0.3) is 11.1 Å². The number of carbonyl (C=O) groups is 2. The van der Waals surface area contributed by atoms with Crippen molar-refractivity contribution in [2.45, 2.75) is 13.3 Å². The highest BCUT2D eigenvalue weighted by molar-refractivity contribution is 5.96. The number of nitrogens with zero attached hydrogens (tertiary/aromatic N) is 2. The van der Waals surface area contributed by atoms with Gasteiger partial charge >= 0.3 is 5.97 Å². The van der Waals surface area contributed by atoms with E-state index in [9.17, 15) is 9.59 Å². The molecular formula is C21H18N2O3. The van der Waals surface area contributed by atoms with Gasteiger partial charge in [-0.2, -0.15) is 0 Å². The number of hydrogen-bond donors (Lipinski definition) is 0. The predicted octanol–water partition coefficient (Wildman–Crippen LogP) is 3.66. The van der Waals surface area contributed by atoms with Crippen LogP contribution in [0.1, 0.15) is 32.1 Å². The first kappa shape index (κ1) is 17.5. The number of ether oxygens (including phenoxy) is 1. The van der Waals surface area contributed by atoms with Crippen molar-refractivity contribution in [2.75, 3.05) is 7.11 Å². The Morgan fingerprint density at radius 1 is 0.923 bits per heavy atom. The van der Waals surface area contributed by atoms with E-state index in [0.717, 1.165) is 22.3 Å². The molecule has 0 bridgehead atoms. The number of rotatable bonds is 5. The number of benzene rings is 2. The molecule has 0 fully saturated rings. The highest BCUT2D eigenvalue weighted by Gasteiger charge is 2.14. The lowest BCUT2D eigenvalue weighted by molar-refractivity contribution is 0.0593. The Balaban J connectivity index is 1.83. The number of carbonyl (C=O) groups excluding carboxylic acids is 2. The standard InChI is InChI=1S/C21H18N2O3/c1-14-16(9-6-10-17(14)15-7-4-3-5-8-15)11-20(24)18-12-23-19(13-22-18)21(25)26-2/h3-10,12-13H,11H2,1-2H3. The van der Waals surface area contributed by atoms with E-state index in [-0.39, 0.29) is 23.6 Å². The molecule has 5 heteroatoms. The third-order valence-electron chi connectivity index (χ3n) is 4.21. The van der Waals surface area contributed by atoms with E-state index in [1.807, 2.05) is 55.5 Å². The number of esters is 1. The fourth-order valence-electron chi connectivity index (χ4n) is 2.75. The average molecular weight is 346 g/mol. The van der Waals surface area contributed by atoms with Crippen LogP contribution in [0, 0.1) is 6.92 Å². The number of hydrogen-bond acceptors (Lipinski definition) is 5. The molecular weight excluding hydrogens is 328 g/mol. The molecule has 0 saturated carbocycles. The molecule has 0 aliphatic heterocycles. The Labute approximate surface area is 151 Å². The van der Waals surface area contributed by atoms with Gasteiger partial charge in [0.05, 0.1) is 19.5 Å². The van der Waals surface area contributed by atoms with Gasteiger partial charge in [0.1, 0.15) is 5.69 Å². The second kappa shape index (κ2) is 7.70. The summed E-state index contributed by atoms with van der Waals surface area (Å²) in [4.78, 5) is 31.9. The van der Waals surface area contributed by atoms with E-state index in [1.165, 1.54) is 19.5 Å². The molecule has 0 spiro atoms. The SMILES string of the molecule is COC(=O)c1cnc(C(=O)Cc2cccc(-c3ccccc3)c2C)cn1. The fraction of sp³-hybridized carbons (Fsp3) is 0.143. The highest BCUT2D eigenvalue weighted by atomic mass is 16.5. The molecule has 26 heavy (non-hydrogen) atoms. The first-order valence-corrected chi connectivity index (χ1v) is 8.17. The molecule has 2 aromatic carbocycles. The average Bonchev–Trinajstić information content (AvgIpc) is 2.69. The summed E-state index contributed by atoms with van der Waals surface area (Å²) in [5.74, 6) is -0.731. The van der Waals surface area contributed by atoms with Gasteiger partial charge in [-0.25, -0.2) is 14.8 Å². The molecule has 1 heterocycles. The van der Waals surface area contributed by atoms with Crippen LogP contribution in [-0.4, -0.2) is 28.8 Å². The lowest BCUT2D eigenvalue weighted by Crippen LogP contribution is -2.11. The molecule has 0 aliphatic carbocycles. The molecule has 3 aromatic rings. The summed E-state index contributed by atoms with van der Waals surface area (Å²) in [6.07, 6.45) is 2.79. The van der Waals surface area contributed by atoms with E-state index in [4.69, 9.17) is 0 Å². The van der Waals surface area contributed by atoms with E-state index in [1.54, 1.807) is 0 Å². The fourth-order valence-corrected chi connectivity index (χ4v) is 2.75. The van der Waals surface area contributed by atoms with Crippen LogP contribution >= 0.6 is 0 Å². The summed E-state index contributed by atoms with van der Waals surface area (Å²) in [6, 6.07) is 16.0. The molecule has 5 nitrogen and oxygen atoms in total. The molecule has 0 saturated heterocycles. The summed E-state index contributed by atoms with van der Waals surface area (Å²) in [6.45, 7) is 2.01. The summed E-state index contributed by atoms with van der Waals surface area (Å²) in [7, 11) is 1.27. The van der Waals surface area contributed by atoms with Gasteiger partial charge in [0.25, 0.3) is 0 Å². The molecule has 0 atom stereocenters. The zero-order valence-electron chi connectivity index (χ0n) is 14.6. The van der Waals surface area contributed by atoms with Crippen molar-refractivity contribution >= 4 is 11.8 Å². The second-order valence-electron chi connectivity index (χ2n) is 5.83. The Kier molecular flexibility index (Phi) is 5.17. The van der Waals surface area contributed by atoms with Gasteiger partial charge in [0.2, 0.25) is 0 Å². The van der Waals surface area contributed by atoms with E-state index in [0.29, 0.717) is 0 Å².